The fourth-order valence-corrected chi connectivity index (χ4v) is 2.01. The average molecular weight is 228 g/mol. The largest absolute Gasteiger partial charge is 0.0917 e. The third-order valence-corrected chi connectivity index (χ3v) is 2.97. The van der Waals surface area contributed by atoms with Gasteiger partial charge in [-0.15, -0.1) is 0 Å². The summed E-state index contributed by atoms with van der Waals surface area (Å²) in [6.45, 7) is 8.53. The molecule has 0 saturated carbocycles. The zero-order chi connectivity index (χ0) is 12.7. The Labute approximate surface area is 106 Å². The highest BCUT2D eigenvalue weighted by Crippen LogP contribution is 2.21. The molecule has 0 aromatic heterocycles. The van der Waals surface area contributed by atoms with Crippen LogP contribution in [0.1, 0.15) is 43.9 Å². The minimum atomic E-state index is 1.13. The first-order chi connectivity index (χ1) is 8.17. The lowest BCUT2D eigenvalue weighted by molar-refractivity contribution is 1.01. The van der Waals surface area contributed by atoms with Gasteiger partial charge in [0.1, 0.15) is 0 Å². The second kappa shape index (κ2) is 7.11. The van der Waals surface area contributed by atoms with Gasteiger partial charge < -0.3 is 0 Å². The summed E-state index contributed by atoms with van der Waals surface area (Å²) in [5.74, 6) is 0. The number of fused-ring (bicyclic) bond motifs is 1. The zero-order valence-electron chi connectivity index (χ0n) is 11.6. The van der Waals surface area contributed by atoms with Crippen LogP contribution in [0.4, 0.5) is 0 Å². The van der Waals surface area contributed by atoms with Crippen molar-refractivity contribution < 1.29 is 0 Å². The third-order valence-electron chi connectivity index (χ3n) is 2.97. The summed E-state index contributed by atoms with van der Waals surface area (Å²) in [6.07, 6.45) is 9.96. The van der Waals surface area contributed by atoms with Gasteiger partial charge in [0.15, 0.2) is 0 Å². The molecule has 0 N–H and O–H groups in total. The van der Waals surface area contributed by atoms with Gasteiger partial charge in [0.25, 0.3) is 0 Å². The van der Waals surface area contributed by atoms with E-state index in [4.69, 9.17) is 0 Å². The number of hydrogen-bond acceptors (Lipinski definition) is 0. The Kier molecular flexibility index (Phi) is 5.76. The lowest BCUT2D eigenvalue weighted by atomic mass is 9.91. The van der Waals surface area contributed by atoms with E-state index in [-0.39, 0.29) is 0 Å². The Morgan fingerprint density at radius 1 is 1.18 bits per heavy atom. The lowest BCUT2D eigenvalue weighted by Crippen LogP contribution is -2.01. The van der Waals surface area contributed by atoms with Crippen LogP contribution < -0.4 is 0 Å². The van der Waals surface area contributed by atoms with E-state index < -0.39 is 0 Å². The molecule has 0 amide bonds. The molecule has 0 spiro atoms. The first-order valence-corrected chi connectivity index (χ1v) is 6.52. The van der Waals surface area contributed by atoms with Crippen molar-refractivity contribution in [3.8, 4) is 0 Å². The molecule has 0 heterocycles. The van der Waals surface area contributed by atoms with E-state index in [1.807, 2.05) is 6.92 Å². The molecule has 1 aliphatic carbocycles. The van der Waals surface area contributed by atoms with Gasteiger partial charge in [-0.2, -0.15) is 0 Å². The Morgan fingerprint density at radius 2 is 1.94 bits per heavy atom. The molecule has 0 aliphatic heterocycles. The van der Waals surface area contributed by atoms with Crippen LogP contribution in [0.5, 0.6) is 0 Å². The van der Waals surface area contributed by atoms with Crippen molar-refractivity contribution in [1.82, 2.24) is 0 Å². The summed E-state index contributed by atoms with van der Waals surface area (Å²) in [6, 6.07) is 6.77. The van der Waals surface area contributed by atoms with Crippen molar-refractivity contribution in [2.75, 3.05) is 0 Å². The van der Waals surface area contributed by atoms with Crippen molar-refractivity contribution in [3.05, 3.63) is 58.7 Å². The fraction of sp³-hybridized carbons (Fsp3) is 0.412. The quantitative estimate of drug-likeness (QED) is 0.592. The number of hydrogen-bond donors (Lipinski definition) is 0. The van der Waals surface area contributed by atoms with Crippen LogP contribution in [0.15, 0.2) is 42.0 Å². The molecule has 0 atom stereocenters. The summed E-state index contributed by atoms with van der Waals surface area (Å²) >= 11 is 0. The topological polar surface area (TPSA) is 0 Å². The summed E-state index contributed by atoms with van der Waals surface area (Å²) < 4.78 is 0. The summed E-state index contributed by atoms with van der Waals surface area (Å²) in [7, 11) is 0. The molecule has 1 aromatic rings. The molecule has 0 nitrogen and oxygen atoms in total. The molecule has 92 valence electrons. The van der Waals surface area contributed by atoms with Crippen LogP contribution in [0, 0.1) is 6.92 Å². The van der Waals surface area contributed by atoms with Gasteiger partial charge in [0, 0.05) is 0 Å². The first-order valence-electron chi connectivity index (χ1n) is 6.52. The van der Waals surface area contributed by atoms with Gasteiger partial charge in [-0.25, -0.2) is 0 Å². The van der Waals surface area contributed by atoms with E-state index in [0.717, 1.165) is 19.3 Å². The second-order valence-electron chi connectivity index (χ2n) is 4.68. The van der Waals surface area contributed by atoms with E-state index in [1.165, 1.54) is 22.3 Å². The van der Waals surface area contributed by atoms with Crippen LogP contribution >= 0.6 is 0 Å². The van der Waals surface area contributed by atoms with Crippen molar-refractivity contribution in [2.45, 2.75) is 47.0 Å². The van der Waals surface area contributed by atoms with Gasteiger partial charge in [-0.1, -0.05) is 54.5 Å². The number of aryl methyl sites for hydroxylation is 1. The fourth-order valence-electron chi connectivity index (χ4n) is 2.01. The van der Waals surface area contributed by atoms with Crippen molar-refractivity contribution in [3.63, 3.8) is 0 Å². The molecule has 1 aliphatic rings. The van der Waals surface area contributed by atoms with E-state index in [2.05, 4.69) is 57.2 Å². The number of allylic oxidation sites excluding steroid dienone is 4. The van der Waals surface area contributed by atoms with E-state index in [9.17, 15) is 0 Å². The van der Waals surface area contributed by atoms with Crippen LogP contribution in [0.25, 0.3) is 0 Å². The highest BCUT2D eigenvalue weighted by molar-refractivity contribution is 5.38. The van der Waals surface area contributed by atoms with E-state index >= 15 is 0 Å². The minimum absolute atomic E-state index is 1.13. The maximum absolute atomic E-state index is 2.34. The molecular formula is C17H24. The molecule has 0 bridgehead atoms. The van der Waals surface area contributed by atoms with E-state index in [1.54, 1.807) is 0 Å². The monoisotopic (exact) mass is 228 g/mol. The van der Waals surface area contributed by atoms with Crippen LogP contribution in [-0.2, 0) is 12.8 Å². The normalized spacial score (nSPS) is 13.8. The predicted octanol–water partition coefficient (Wildman–Crippen LogP) is 5.01. The van der Waals surface area contributed by atoms with Gasteiger partial charge in [-0.3, -0.25) is 0 Å². The highest BCUT2D eigenvalue weighted by Gasteiger charge is 2.07. The van der Waals surface area contributed by atoms with Gasteiger partial charge >= 0.3 is 0 Å². The Bertz CT molecular complexity index is 408. The predicted molar refractivity (Wildman–Crippen MR) is 77.4 cm³/mol. The third kappa shape index (κ3) is 4.60. The van der Waals surface area contributed by atoms with Gasteiger partial charge in [0.2, 0.25) is 0 Å². The molecule has 2 rings (SSSR count). The summed E-state index contributed by atoms with van der Waals surface area (Å²) in [4.78, 5) is 0. The number of benzene rings is 1. The SMILES string of the molecule is C/C=C\CC.CC1=CCc2cc(C)ccc2C1. The molecule has 1 aromatic carbocycles. The smallest absolute Gasteiger partial charge is 0.00669 e. The van der Waals surface area contributed by atoms with Gasteiger partial charge in [0.05, 0.1) is 0 Å². The Hall–Kier alpha value is -1.30. The van der Waals surface area contributed by atoms with Crippen molar-refractivity contribution in [2.24, 2.45) is 0 Å². The Morgan fingerprint density at radius 3 is 2.53 bits per heavy atom. The second-order valence-corrected chi connectivity index (χ2v) is 4.68. The molecule has 0 fully saturated rings. The lowest BCUT2D eigenvalue weighted by Gasteiger charge is -2.14. The molecular weight excluding hydrogens is 204 g/mol. The molecule has 0 unspecified atom stereocenters. The molecule has 0 heteroatoms. The number of rotatable bonds is 1. The van der Waals surface area contributed by atoms with Gasteiger partial charge in [-0.05, 0) is 51.2 Å². The van der Waals surface area contributed by atoms with Crippen LogP contribution in [-0.4, -0.2) is 0 Å². The van der Waals surface area contributed by atoms with Crippen LogP contribution in [0.3, 0.4) is 0 Å². The highest BCUT2D eigenvalue weighted by atomic mass is 14.1. The minimum Gasteiger partial charge on any atom is -0.0917 e. The van der Waals surface area contributed by atoms with Crippen LogP contribution in [0.2, 0.25) is 0 Å². The molecule has 17 heavy (non-hydrogen) atoms. The summed E-state index contributed by atoms with van der Waals surface area (Å²) in [5, 5.41) is 0. The van der Waals surface area contributed by atoms with Crippen molar-refractivity contribution >= 4 is 0 Å². The maximum atomic E-state index is 2.34. The maximum Gasteiger partial charge on any atom is -0.00669 e. The van der Waals surface area contributed by atoms with Crippen molar-refractivity contribution in [1.29, 1.82) is 0 Å². The van der Waals surface area contributed by atoms with E-state index in [0.29, 0.717) is 0 Å². The zero-order valence-corrected chi connectivity index (χ0v) is 11.6. The first kappa shape index (κ1) is 13.8. The molecule has 0 saturated heterocycles. The Balaban J connectivity index is 0.000000249. The average Bonchev–Trinajstić information content (AvgIpc) is 2.31. The standard InChI is InChI=1S/C12H14.C5H10/c1-9-3-5-12-8-10(2)4-6-11(12)7-9;1-3-5-4-2/h3-5,7H,6,8H2,1-2H3;3,5H,4H2,1-2H3/b;5-3-. The summed E-state index contributed by atoms with van der Waals surface area (Å²) in [5.41, 5.74) is 5.91. The molecule has 0 radical (unpaired) electrons.